The molecule has 2 aromatic rings. The van der Waals surface area contributed by atoms with Crippen molar-refractivity contribution >= 4 is 30.8 Å². The molecule has 2 aromatic carbocycles. The molecule has 106 valence electrons. The molecule has 0 bridgehead atoms. The molecule has 2 aliphatic rings. The van der Waals surface area contributed by atoms with E-state index in [-0.39, 0.29) is 0 Å². The Morgan fingerprint density at radius 3 is 2.24 bits per heavy atom. The Balaban J connectivity index is 1.88. The lowest BCUT2D eigenvalue weighted by Crippen LogP contribution is -2.30. The van der Waals surface area contributed by atoms with Gasteiger partial charge in [0.2, 0.25) is 0 Å². The summed E-state index contributed by atoms with van der Waals surface area (Å²) in [6, 6.07) is 13.5. The molecular weight excluding hydrogens is 313 g/mol. The summed E-state index contributed by atoms with van der Waals surface area (Å²) in [5.41, 5.74) is 0.906. The Morgan fingerprint density at radius 1 is 1.00 bits per heavy atom. The molecule has 0 saturated carbocycles. The third-order valence-electron chi connectivity index (χ3n) is 3.50. The van der Waals surface area contributed by atoms with Crippen molar-refractivity contribution in [2.45, 2.75) is 4.62 Å². The van der Waals surface area contributed by atoms with E-state index in [0.717, 1.165) is 0 Å². The fourth-order valence-corrected chi connectivity index (χ4v) is 4.81. The number of fused-ring (bicyclic) bond motifs is 2. The van der Waals surface area contributed by atoms with Gasteiger partial charge in [0.05, 0.1) is 0 Å². The van der Waals surface area contributed by atoms with Crippen molar-refractivity contribution in [1.29, 1.82) is 0 Å². The summed E-state index contributed by atoms with van der Waals surface area (Å²) < 4.78 is 22.1. The maximum absolute atomic E-state index is 13.1. The highest BCUT2D eigenvalue weighted by Crippen LogP contribution is 2.73. The third-order valence-corrected chi connectivity index (χ3v) is 6.57. The van der Waals surface area contributed by atoms with Crippen LogP contribution >= 0.6 is 19.2 Å². The molecule has 0 aliphatic carbocycles. The average molecular weight is 322 g/mol. The predicted octanol–water partition coefficient (Wildman–Crippen LogP) is 3.69. The van der Waals surface area contributed by atoms with Crippen LogP contribution in [0.2, 0.25) is 0 Å². The quantitative estimate of drug-likeness (QED) is 0.642. The molecule has 2 heterocycles. The van der Waals surface area contributed by atoms with E-state index in [4.69, 9.17) is 20.6 Å². The van der Waals surface area contributed by atoms with Crippen LogP contribution in [0, 0.1) is 0 Å². The van der Waals surface area contributed by atoms with Crippen LogP contribution in [0.15, 0.2) is 48.5 Å². The lowest BCUT2D eigenvalue weighted by atomic mass is 10.1. The van der Waals surface area contributed by atoms with Crippen LogP contribution in [0.1, 0.15) is 5.56 Å². The highest BCUT2D eigenvalue weighted by molar-refractivity contribution is 7.59. The minimum Gasteiger partial charge on any atom is -0.410 e. The number of carbonyl (C=O) groups is 1. The van der Waals surface area contributed by atoms with Crippen molar-refractivity contribution < 1.29 is 18.4 Å². The Labute approximate surface area is 125 Å². The van der Waals surface area contributed by atoms with Crippen molar-refractivity contribution in [2.75, 3.05) is 5.32 Å². The topological polar surface area (TPSA) is 64.6 Å². The molecule has 0 aromatic heterocycles. The molecule has 0 fully saturated rings. The molecule has 5 nitrogen and oxygen atoms in total. The fraction of sp³-hybridized carbons (Fsp3) is 0.0714. The van der Waals surface area contributed by atoms with Crippen molar-refractivity contribution in [2.24, 2.45) is 0 Å². The Bertz CT molecular complexity index is 795. The van der Waals surface area contributed by atoms with Gasteiger partial charge in [0.1, 0.15) is 0 Å². The lowest BCUT2D eigenvalue weighted by Gasteiger charge is -2.23. The van der Waals surface area contributed by atoms with Crippen LogP contribution in [0.3, 0.4) is 0 Å². The Morgan fingerprint density at radius 2 is 1.57 bits per heavy atom. The van der Waals surface area contributed by atoms with Gasteiger partial charge < -0.3 is 14.4 Å². The van der Waals surface area contributed by atoms with Gasteiger partial charge >= 0.3 is 7.60 Å². The minimum atomic E-state index is -3.95. The van der Waals surface area contributed by atoms with Gasteiger partial charge in [-0.25, -0.2) is 4.57 Å². The summed E-state index contributed by atoms with van der Waals surface area (Å²) in [5.74, 6) is 0.0255. The van der Waals surface area contributed by atoms with E-state index >= 15 is 0 Å². The zero-order chi connectivity index (χ0) is 14.7. The van der Waals surface area contributed by atoms with E-state index in [2.05, 4.69) is 5.32 Å². The second kappa shape index (κ2) is 4.03. The summed E-state index contributed by atoms with van der Waals surface area (Å²) in [5, 5.41) is 2.61. The van der Waals surface area contributed by atoms with Crippen molar-refractivity contribution in [3.05, 3.63) is 54.1 Å². The maximum atomic E-state index is 13.1. The minimum absolute atomic E-state index is 0.318. The molecular formula is C14H9ClNO4P. The largest absolute Gasteiger partial charge is 0.466 e. The summed E-state index contributed by atoms with van der Waals surface area (Å²) in [6.07, 6.45) is 0. The smallest absolute Gasteiger partial charge is 0.410 e. The highest BCUT2D eigenvalue weighted by atomic mass is 35.5. The molecule has 1 atom stereocenters. The average Bonchev–Trinajstić information content (AvgIpc) is 2.96. The van der Waals surface area contributed by atoms with Crippen LogP contribution in [-0.2, 0) is 14.0 Å². The number of rotatable bonds is 1. The number of anilines is 1. The molecule has 2 aliphatic heterocycles. The maximum Gasteiger partial charge on any atom is 0.466 e. The van der Waals surface area contributed by atoms with Crippen molar-refractivity contribution in [3.63, 3.8) is 0 Å². The van der Waals surface area contributed by atoms with Crippen molar-refractivity contribution in [1.82, 2.24) is 0 Å². The van der Waals surface area contributed by atoms with Gasteiger partial charge in [-0.05, 0) is 18.2 Å². The first-order valence-corrected chi connectivity index (χ1v) is 8.15. The predicted molar refractivity (Wildman–Crippen MR) is 77.9 cm³/mol. The molecule has 7 heteroatoms. The lowest BCUT2D eigenvalue weighted by molar-refractivity contribution is -0.116. The zero-order valence-electron chi connectivity index (χ0n) is 10.6. The molecule has 1 amide bonds. The molecule has 1 N–H and O–H groups in total. The molecule has 0 saturated heterocycles. The number of para-hydroxylation sites is 3. The van der Waals surface area contributed by atoms with Gasteiger partial charge in [0.15, 0.2) is 11.5 Å². The van der Waals surface area contributed by atoms with Gasteiger partial charge in [0.25, 0.3) is 10.5 Å². The normalized spacial score (nSPS) is 24.5. The van der Waals surface area contributed by atoms with E-state index in [1.165, 1.54) is 0 Å². The van der Waals surface area contributed by atoms with E-state index in [1.54, 1.807) is 48.5 Å². The van der Waals surface area contributed by atoms with E-state index in [1.807, 2.05) is 0 Å². The van der Waals surface area contributed by atoms with Crippen LogP contribution < -0.4 is 14.4 Å². The van der Waals surface area contributed by atoms with E-state index < -0.39 is 18.1 Å². The van der Waals surface area contributed by atoms with Gasteiger partial charge in [-0.3, -0.25) is 4.79 Å². The molecule has 21 heavy (non-hydrogen) atoms. The zero-order valence-corrected chi connectivity index (χ0v) is 12.2. The van der Waals surface area contributed by atoms with Gasteiger partial charge in [-0.1, -0.05) is 41.9 Å². The first-order valence-electron chi connectivity index (χ1n) is 6.23. The number of alkyl halides is 1. The molecule has 0 radical (unpaired) electrons. The van der Waals surface area contributed by atoms with Crippen LogP contribution in [-0.4, -0.2) is 5.91 Å². The second-order valence-corrected chi connectivity index (χ2v) is 7.61. The number of benzene rings is 2. The first-order chi connectivity index (χ1) is 10.0. The number of hydrogen-bond donors (Lipinski definition) is 1. The van der Waals surface area contributed by atoms with Crippen LogP contribution in [0.5, 0.6) is 11.5 Å². The fourth-order valence-electron chi connectivity index (χ4n) is 2.48. The van der Waals surface area contributed by atoms with E-state index in [0.29, 0.717) is 22.7 Å². The summed E-state index contributed by atoms with van der Waals surface area (Å²) in [7, 11) is -3.95. The van der Waals surface area contributed by atoms with Gasteiger partial charge in [0, 0.05) is 11.3 Å². The SMILES string of the molecule is O=C1Nc2ccccc2C1(Cl)P1(=O)Oc2ccccc2O1. The highest BCUT2D eigenvalue weighted by Gasteiger charge is 2.65. The number of halogens is 1. The number of amides is 1. The summed E-state index contributed by atoms with van der Waals surface area (Å²) in [6.45, 7) is 0. The van der Waals surface area contributed by atoms with Gasteiger partial charge in [-0.15, -0.1) is 0 Å². The third kappa shape index (κ3) is 1.53. The number of hydrogen-bond acceptors (Lipinski definition) is 4. The Kier molecular flexibility index (Phi) is 2.44. The van der Waals surface area contributed by atoms with Crippen molar-refractivity contribution in [3.8, 4) is 11.5 Å². The van der Waals surface area contributed by atoms with Crippen LogP contribution in [0.4, 0.5) is 5.69 Å². The van der Waals surface area contributed by atoms with Gasteiger partial charge in [-0.2, -0.15) is 0 Å². The van der Waals surface area contributed by atoms with E-state index in [9.17, 15) is 9.36 Å². The van der Waals surface area contributed by atoms with Crippen LogP contribution in [0.25, 0.3) is 0 Å². The monoisotopic (exact) mass is 321 g/mol. The number of nitrogens with one attached hydrogen (secondary N) is 1. The molecule has 1 unspecified atom stereocenters. The molecule has 4 rings (SSSR count). The molecule has 0 spiro atoms. The summed E-state index contributed by atoms with van der Waals surface area (Å²) in [4.78, 5) is 12.3. The number of carbonyl (C=O) groups excluding carboxylic acids is 1. The first kappa shape index (κ1) is 12.7. The summed E-state index contributed by atoms with van der Waals surface area (Å²) >= 11 is 6.46. The second-order valence-electron chi connectivity index (χ2n) is 4.75. The standard InChI is InChI=1S/C14H9ClNO4P/c15-14(9-5-1-2-6-10(9)16-13(14)17)21(18)19-11-7-3-4-8-12(11)20-21/h1-8H,(H,16,17). The Hall–Kier alpha value is -1.97.